The lowest BCUT2D eigenvalue weighted by Gasteiger charge is -2.23. The van der Waals surface area contributed by atoms with E-state index in [1.165, 1.54) is 154 Å². The molecule has 1 heterocycles. The van der Waals surface area contributed by atoms with Crippen LogP contribution >= 0.6 is 0 Å². The zero-order chi connectivity index (χ0) is 44.3. The molecule has 0 spiro atoms. The van der Waals surface area contributed by atoms with Crippen molar-refractivity contribution in [1.29, 1.82) is 0 Å². The first-order valence-corrected chi connectivity index (χ1v) is 26.4. The standard InChI is InChI=1S/C53H100N4O4/c1-6-10-13-16-21-28-37-48(9-4)60-51(58)41-31-24-19-26-33-45-57(47-36-44-56-53-50(54-5)40-35-43-55-53)46-34-27-20-25-32-42-52(59)61-49(38-29-22-17-14-11-7-2)39-30-23-18-15-12-8-3/h35,40,43,48-49,54H,6-34,36-39,41-42,44-47H2,1-5H3,(H,55,56). The Hall–Kier alpha value is -2.35. The van der Waals surface area contributed by atoms with Gasteiger partial charge in [-0.1, -0.05) is 163 Å². The second-order valence-corrected chi connectivity index (χ2v) is 18.1. The van der Waals surface area contributed by atoms with Crippen LogP contribution in [0.4, 0.5) is 11.5 Å². The normalized spacial score (nSPS) is 12.0. The molecule has 2 N–H and O–H groups in total. The molecular weight excluding hydrogens is 757 g/mol. The minimum Gasteiger partial charge on any atom is -0.462 e. The first-order chi connectivity index (χ1) is 30.0. The van der Waals surface area contributed by atoms with Crippen molar-refractivity contribution >= 4 is 23.4 Å². The van der Waals surface area contributed by atoms with Gasteiger partial charge in [0.2, 0.25) is 0 Å². The third-order valence-electron chi connectivity index (χ3n) is 12.4. The molecule has 8 nitrogen and oxygen atoms in total. The Kier molecular flexibility index (Phi) is 39.9. The van der Waals surface area contributed by atoms with E-state index in [4.69, 9.17) is 9.47 Å². The topological polar surface area (TPSA) is 92.8 Å². The Morgan fingerprint density at radius 1 is 0.541 bits per heavy atom. The third-order valence-corrected chi connectivity index (χ3v) is 12.4. The van der Waals surface area contributed by atoms with Crippen LogP contribution in [0.5, 0.6) is 0 Å². The number of hydrogen-bond acceptors (Lipinski definition) is 8. The highest BCUT2D eigenvalue weighted by Gasteiger charge is 2.15. The zero-order valence-corrected chi connectivity index (χ0v) is 41.0. The van der Waals surface area contributed by atoms with Crippen LogP contribution in [0.1, 0.15) is 252 Å². The van der Waals surface area contributed by atoms with Crippen molar-refractivity contribution in [2.45, 2.75) is 265 Å². The summed E-state index contributed by atoms with van der Waals surface area (Å²) < 4.78 is 11.9. The lowest BCUT2D eigenvalue weighted by molar-refractivity contribution is -0.150. The van der Waals surface area contributed by atoms with Crippen molar-refractivity contribution in [2.75, 3.05) is 43.9 Å². The van der Waals surface area contributed by atoms with Gasteiger partial charge in [0, 0.05) is 32.6 Å². The van der Waals surface area contributed by atoms with Gasteiger partial charge in [-0.25, -0.2) is 4.98 Å². The molecule has 0 aliphatic carbocycles. The number of esters is 2. The largest absolute Gasteiger partial charge is 0.462 e. The summed E-state index contributed by atoms with van der Waals surface area (Å²) in [4.78, 5) is 32.6. The molecule has 0 aliphatic rings. The second-order valence-electron chi connectivity index (χ2n) is 18.1. The predicted molar refractivity (Wildman–Crippen MR) is 263 cm³/mol. The highest BCUT2D eigenvalue weighted by atomic mass is 16.5. The monoisotopic (exact) mass is 857 g/mol. The average molecular weight is 857 g/mol. The molecule has 61 heavy (non-hydrogen) atoms. The summed E-state index contributed by atoms with van der Waals surface area (Å²) in [6.07, 6.45) is 42.5. The van der Waals surface area contributed by atoms with Gasteiger partial charge in [-0.05, 0) is 109 Å². The van der Waals surface area contributed by atoms with Crippen molar-refractivity contribution < 1.29 is 19.1 Å². The number of hydrogen-bond donors (Lipinski definition) is 2. The number of carbonyl (C=O) groups is 2. The Morgan fingerprint density at radius 3 is 1.43 bits per heavy atom. The van der Waals surface area contributed by atoms with Crippen LogP contribution in [0.15, 0.2) is 18.3 Å². The number of aromatic nitrogens is 1. The number of anilines is 2. The smallest absolute Gasteiger partial charge is 0.306 e. The zero-order valence-electron chi connectivity index (χ0n) is 41.0. The van der Waals surface area contributed by atoms with Gasteiger partial charge in [-0.2, -0.15) is 0 Å². The van der Waals surface area contributed by atoms with E-state index in [2.05, 4.69) is 54.3 Å². The van der Waals surface area contributed by atoms with Gasteiger partial charge >= 0.3 is 11.9 Å². The van der Waals surface area contributed by atoms with E-state index in [0.717, 1.165) is 95.5 Å². The maximum Gasteiger partial charge on any atom is 0.306 e. The Labute approximate surface area is 378 Å². The van der Waals surface area contributed by atoms with E-state index in [-0.39, 0.29) is 24.1 Å². The molecular formula is C53H100N4O4. The van der Waals surface area contributed by atoms with Crippen LogP contribution in [0.2, 0.25) is 0 Å². The van der Waals surface area contributed by atoms with E-state index in [9.17, 15) is 9.59 Å². The van der Waals surface area contributed by atoms with Crippen molar-refractivity contribution in [3.63, 3.8) is 0 Å². The van der Waals surface area contributed by atoms with Crippen molar-refractivity contribution in [3.05, 3.63) is 18.3 Å². The third kappa shape index (κ3) is 34.8. The van der Waals surface area contributed by atoms with Crippen molar-refractivity contribution in [1.82, 2.24) is 9.88 Å². The molecule has 356 valence electrons. The van der Waals surface area contributed by atoms with Crippen LogP contribution in [0.3, 0.4) is 0 Å². The molecule has 1 aromatic heterocycles. The minimum absolute atomic E-state index is 0.00339. The van der Waals surface area contributed by atoms with E-state index in [1.54, 1.807) is 0 Å². The minimum atomic E-state index is -0.00339. The van der Waals surface area contributed by atoms with Crippen LogP contribution in [0.25, 0.3) is 0 Å². The lowest BCUT2D eigenvalue weighted by Crippen LogP contribution is -2.28. The Balaban J connectivity index is 2.41. The molecule has 1 atom stereocenters. The number of pyridine rings is 1. The second kappa shape index (κ2) is 42.9. The summed E-state index contributed by atoms with van der Waals surface area (Å²) in [6.45, 7) is 13.1. The number of rotatable bonds is 46. The molecule has 0 aromatic carbocycles. The van der Waals surface area contributed by atoms with Gasteiger partial charge in [-0.15, -0.1) is 0 Å². The molecule has 0 saturated heterocycles. The summed E-state index contributed by atoms with van der Waals surface area (Å²) in [6, 6.07) is 4.01. The lowest BCUT2D eigenvalue weighted by atomic mass is 10.0. The summed E-state index contributed by atoms with van der Waals surface area (Å²) in [5.41, 5.74) is 1.03. The van der Waals surface area contributed by atoms with Gasteiger partial charge in [0.15, 0.2) is 0 Å². The molecule has 0 bridgehead atoms. The van der Waals surface area contributed by atoms with E-state index >= 15 is 0 Å². The van der Waals surface area contributed by atoms with Crippen LogP contribution in [-0.4, -0.2) is 67.3 Å². The molecule has 0 aliphatic heterocycles. The quantitative estimate of drug-likeness (QED) is 0.0495. The van der Waals surface area contributed by atoms with Gasteiger partial charge in [0.05, 0.1) is 5.69 Å². The number of ether oxygens (including phenoxy) is 2. The molecule has 0 saturated carbocycles. The molecule has 0 amide bonds. The number of nitrogens with one attached hydrogen (secondary N) is 2. The molecule has 0 fully saturated rings. The Morgan fingerprint density at radius 2 is 0.951 bits per heavy atom. The summed E-state index contributed by atoms with van der Waals surface area (Å²) in [7, 11) is 1.94. The number of carbonyl (C=O) groups excluding carboxylic acids is 2. The highest BCUT2D eigenvalue weighted by molar-refractivity contribution is 5.69. The van der Waals surface area contributed by atoms with Gasteiger partial charge < -0.3 is 25.0 Å². The fourth-order valence-corrected chi connectivity index (χ4v) is 8.42. The van der Waals surface area contributed by atoms with E-state index in [0.29, 0.717) is 12.8 Å². The van der Waals surface area contributed by atoms with E-state index < -0.39 is 0 Å². The fraction of sp³-hybridized carbons (Fsp3) is 0.868. The SMILES string of the molecule is CCCCCCCCC(CC)OC(=O)CCCCCCCN(CCCCCCCC(=O)OC(CCCCCCCC)CCCCCCCC)CCCNc1ncccc1NC. The fourth-order valence-electron chi connectivity index (χ4n) is 8.42. The predicted octanol–water partition coefficient (Wildman–Crippen LogP) is 15.4. The number of nitrogens with zero attached hydrogens (tertiary/aromatic N) is 2. The molecule has 8 heteroatoms. The maximum absolute atomic E-state index is 12.9. The molecule has 0 radical (unpaired) electrons. The average Bonchev–Trinajstić information content (AvgIpc) is 3.27. The number of unbranched alkanes of at least 4 members (excludes halogenated alkanes) is 23. The maximum atomic E-state index is 12.9. The van der Waals surface area contributed by atoms with Crippen LogP contribution in [0, 0.1) is 0 Å². The first kappa shape index (κ1) is 56.7. The first-order valence-electron chi connectivity index (χ1n) is 26.4. The molecule has 1 aromatic rings. The highest BCUT2D eigenvalue weighted by Crippen LogP contribution is 2.20. The molecule has 1 rings (SSSR count). The van der Waals surface area contributed by atoms with Gasteiger partial charge in [-0.3, -0.25) is 9.59 Å². The Bertz CT molecular complexity index is 1100. The van der Waals surface area contributed by atoms with Gasteiger partial charge in [0.25, 0.3) is 0 Å². The van der Waals surface area contributed by atoms with E-state index in [1.807, 2.05) is 19.3 Å². The van der Waals surface area contributed by atoms with Crippen molar-refractivity contribution in [2.24, 2.45) is 0 Å². The summed E-state index contributed by atoms with van der Waals surface area (Å²) in [5.74, 6) is 0.938. The van der Waals surface area contributed by atoms with Crippen molar-refractivity contribution in [3.8, 4) is 0 Å². The van der Waals surface area contributed by atoms with Crippen LogP contribution < -0.4 is 10.6 Å². The summed E-state index contributed by atoms with van der Waals surface area (Å²) >= 11 is 0. The summed E-state index contributed by atoms with van der Waals surface area (Å²) in [5, 5.41) is 6.76. The van der Waals surface area contributed by atoms with Crippen LogP contribution in [-0.2, 0) is 19.1 Å². The molecule has 1 unspecified atom stereocenters. The van der Waals surface area contributed by atoms with Gasteiger partial charge in [0.1, 0.15) is 18.0 Å².